The van der Waals surface area contributed by atoms with Gasteiger partial charge in [-0.1, -0.05) is 0 Å². The van der Waals surface area contributed by atoms with Crippen molar-refractivity contribution < 1.29 is 39.0 Å². The number of carboxylic acids is 1. The van der Waals surface area contributed by atoms with Crippen LogP contribution < -0.4 is 33.2 Å². The summed E-state index contributed by atoms with van der Waals surface area (Å²) in [6, 6.07) is -5.23. The van der Waals surface area contributed by atoms with E-state index in [-0.39, 0.29) is 25.7 Å². The van der Waals surface area contributed by atoms with E-state index < -0.39 is 66.3 Å². The summed E-state index contributed by atoms with van der Waals surface area (Å²) in [4.78, 5) is 69.2. The summed E-state index contributed by atoms with van der Waals surface area (Å²) < 4.78 is 0. The van der Waals surface area contributed by atoms with Gasteiger partial charge in [-0.05, 0) is 19.8 Å². The molecule has 30 heavy (non-hydrogen) atoms. The zero-order chi connectivity index (χ0) is 23.4. The highest BCUT2D eigenvalue weighted by atomic mass is 16.4. The van der Waals surface area contributed by atoms with Crippen LogP contribution in [0.15, 0.2) is 0 Å². The molecule has 0 heterocycles. The zero-order valence-electron chi connectivity index (χ0n) is 16.4. The van der Waals surface area contributed by atoms with Crippen LogP contribution in [0.3, 0.4) is 0 Å². The van der Waals surface area contributed by atoms with E-state index in [9.17, 15) is 28.8 Å². The summed E-state index contributed by atoms with van der Waals surface area (Å²) in [5.41, 5.74) is 15.6. The Kier molecular flexibility index (Phi) is 11.6. The molecule has 5 amide bonds. The van der Waals surface area contributed by atoms with Crippen molar-refractivity contribution in [1.29, 1.82) is 0 Å². The van der Waals surface area contributed by atoms with Crippen molar-refractivity contribution in [3.8, 4) is 0 Å². The summed E-state index contributed by atoms with van der Waals surface area (Å²) in [5.74, 6) is -5.44. The van der Waals surface area contributed by atoms with E-state index in [1.54, 1.807) is 0 Å². The molecule has 0 aromatic rings. The van der Waals surface area contributed by atoms with Crippen molar-refractivity contribution in [3.05, 3.63) is 0 Å². The molecule has 14 heteroatoms. The number of nitrogens with one attached hydrogen (secondary N) is 3. The molecule has 0 aromatic heterocycles. The Morgan fingerprint density at radius 3 is 1.77 bits per heavy atom. The number of nitrogens with two attached hydrogens (primary N) is 3. The molecule has 0 bridgehead atoms. The Labute approximate surface area is 171 Å². The van der Waals surface area contributed by atoms with Gasteiger partial charge in [-0.2, -0.15) is 0 Å². The van der Waals surface area contributed by atoms with E-state index >= 15 is 0 Å². The molecule has 11 N–H and O–H groups in total. The van der Waals surface area contributed by atoms with E-state index in [1.165, 1.54) is 6.92 Å². The van der Waals surface area contributed by atoms with Gasteiger partial charge in [0.15, 0.2) is 0 Å². The van der Waals surface area contributed by atoms with Crippen molar-refractivity contribution >= 4 is 35.5 Å². The minimum Gasteiger partial charge on any atom is -0.480 e. The molecule has 0 radical (unpaired) electrons. The first-order valence-electron chi connectivity index (χ1n) is 8.96. The summed E-state index contributed by atoms with van der Waals surface area (Å²) in [6.07, 6.45) is -0.700. The van der Waals surface area contributed by atoms with Crippen molar-refractivity contribution in [3.63, 3.8) is 0 Å². The Balaban J connectivity index is 5.02. The van der Waals surface area contributed by atoms with E-state index in [4.69, 9.17) is 27.4 Å². The normalized spacial score (nSPS) is 14.5. The highest BCUT2D eigenvalue weighted by Gasteiger charge is 2.28. The number of primary amides is 2. The number of aliphatic hydroxyl groups excluding tert-OH is 1. The van der Waals surface area contributed by atoms with Gasteiger partial charge in [0.2, 0.25) is 29.5 Å². The maximum Gasteiger partial charge on any atom is 0.328 e. The van der Waals surface area contributed by atoms with Gasteiger partial charge in [0.1, 0.15) is 18.1 Å². The van der Waals surface area contributed by atoms with Crippen LogP contribution in [-0.4, -0.2) is 76.5 Å². The van der Waals surface area contributed by atoms with Crippen LogP contribution in [0.2, 0.25) is 0 Å². The SMILES string of the molecule is C[C@H](NC(=O)[C@@H](N)CCC(N)=O)C(=O)N[C@@H](CCC(N)=O)C(=O)N[C@@H](CO)C(=O)O. The number of aliphatic hydroxyl groups is 1. The molecule has 0 aromatic carbocycles. The lowest BCUT2D eigenvalue weighted by atomic mass is 10.1. The van der Waals surface area contributed by atoms with Gasteiger partial charge in [-0.3, -0.25) is 24.0 Å². The number of carbonyl (C=O) groups excluding carboxylic acids is 5. The Morgan fingerprint density at radius 1 is 0.800 bits per heavy atom. The fourth-order valence-corrected chi connectivity index (χ4v) is 2.12. The van der Waals surface area contributed by atoms with Gasteiger partial charge >= 0.3 is 5.97 Å². The predicted octanol–water partition coefficient (Wildman–Crippen LogP) is -4.60. The predicted molar refractivity (Wildman–Crippen MR) is 101 cm³/mol. The highest BCUT2D eigenvalue weighted by molar-refractivity contribution is 5.94. The van der Waals surface area contributed by atoms with Crippen LogP contribution in [0.4, 0.5) is 0 Å². The number of carbonyl (C=O) groups is 6. The first-order chi connectivity index (χ1) is 13.9. The molecule has 170 valence electrons. The monoisotopic (exact) mass is 432 g/mol. The molecule has 0 fully saturated rings. The Bertz CT molecular complexity index is 670. The first kappa shape index (κ1) is 26.7. The summed E-state index contributed by atoms with van der Waals surface area (Å²) in [6.45, 7) is 0.401. The molecule has 0 spiro atoms. The molecule has 0 rings (SSSR count). The van der Waals surface area contributed by atoms with Crippen LogP contribution in [0.5, 0.6) is 0 Å². The number of hydrogen-bond acceptors (Lipinski definition) is 8. The number of hydrogen-bond donors (Lipinski definition) is 8. The second-order valence-electron chi connectivity index (χ2n) is 6.49. The lowest BCUT2D eigenvalue weighted by Crippen LogP contribution is -2.56. The van der Waals surface area contributed by atoms with Crippen LogP contribution in [0.25, 0.3) is 0 Å². The Hall–Kier alpha value is -3.26. The summed E-state index contributed by atoms with van der Waals surface area (Å²) >= 11 is 0. The van der Waals surface area contributed by atoms with Gasteiger partial charge in [0.05, 0.1) is 12.6 Å². The van der Waals surface area contributed by atoms with Crippen LogP contribution in [-0.2, 0) is 28.8 Å². The fraction of sp³-hybridized carbons (Fsp3) is 0.625. The number of rotatable bonds is 14. The van der Waals surface area contributed by atoms with Crippen molar-refractivity contribution in [2.24, 2.45) is 17.2 Å². The molecule has 0 unspecified atom stereocenters. The zero-order valence-corrected chi connectivity index (χ0v) is 16.4. The third-order valence-electron chi connectivity index (χ3n) is 3.90. The largest absolute Gasteiger partial charge is 0.480 e. The summed E-state index contributed by atoms with van der Waals surface area (Å²) in [7, 11) is 0. The van der Waals surface area contributed by atoms with E-state index in [0.717, 1.165) is 0 Å². The minimum atomic E-state index is -1.62. The second-order valence-corrected chi connectivity index (χ2v) is 6.49. The van der Waals surface area contributed by atoms with E-state index in [1.807, 2.05) is 5.32 Å². The Morgan fingerprint density at radius 2 is 1.30 bits per heavy atom. The van der Waals surface area contributed by atoms with Gasteiger partial charge in [0.25, 0.3) is 0 Å². The van der Waals surface area contributed by atoms with Crippen molar-refractivity contribution in [2.45, 2.75) is 56.8 Å². The quantitative estimate of drug-likeness (QED) is 0.131. The van der Waals surface area contributed by atoms with Gasteiger partial charge < -0.3 is 43.4 Å². The van der Waals surface area contributed by atoms with Crippen LogP contribution in [0.1, 0.15) is 32.6 Å². The second kappa shape index (κ2) is 13.1. The highest BCUT2D eigenvalue weighted by Crippen LogP contribution is 2.01. The fourth-order valence-electron chi connectivity index (χ4n) is 2.12. The molecular weight excluding hydrogens is 404 g/mol. The first-order valence-corrected chi connectivity index (χ1v) is 8.96. The lowest BCUT2D eigenvalue weighted by Gasteiger charge is -2.23. The maximum absolute atomic E-state index is 12.3. The van der Waals surface area contributed by atoms with E-state index in [0.29, 0.717) is 0 Å². The summed E-state index contributed by atoms with van der Waals surface area (Å²) in [5, 5.41) is 24.5. The third kappa shape index (κ3) is 10.3. The van der Waals surface area contributed by atoms with Crippen LogP contribution >= 0.6 is 0 Å². The van der Waals surface area contributed by atoms with Gasteiger partial charge in [-0.15, -0.1) is 0 Å². The molecule has 0 aliphatic carbocycles. The minimum absolute atomic E-state index is 0.0309. The number of aliphatic carboxylic acids is 1. The lowest BCUT2D eigenvalue weighted by molar-refractivity contribution is -0.143. The standard InChI is InChI=1S/C16H28N6O8/c1-7(20-14(27)8(17)2-4-11(18)24)13(26)21-9(3-5-12(19)25)15(28)22-10(6-23)16(29)30/h7-10,23H,2-6,17H2,1H3,(H2,18,24)(H2,19,25)(H,20,27)(H,21,26)(H,22,28)(H,29,30)/t7-,8-,9-,10-/m0/s1. The van der Waals surface area contributed by atoms with E-state index in [2.05, 4.69) is 10.6 Å². The maximum atomic E-state index is 12.3. The molecule has 0 aliphatic rings. The number of amides is 5. The van der Waals surface area contributed by atoms with Gasteiger partial charge in [-0.25, -0.2) is 4.79 Å². The number of carboxylic acid groups (broad SMARTS) is 1. The topological polar surface area (TPSA) is 257 Å². The molecular formula is C16H28N6O8. The molecule has 0 saturated carbocycles. The molecule has 0 saturated heterocycles. The average Bonchev–Trinajstić information content (AvgIpc) is 2.66. The van der Waals surface area contributed by atoms with Crippen molar-refractivity contribution in [2.75, 3.05) is 6.61 Å². The van der Waals surface area contributed by atoms with Crippen molar-refractivity contribution in [1.82, 2.24) is 16.0 Å². The molecule has 0 aliphatic heterocycles. The van der Waals surface area contributed by atoms with Crippen LogP contribution in [0, 0.1) is 0 Å². The molecule has 4 atom stereocenters. The molecule has 14 nitrogen and oxygen atoms in total. The smallest absolute Gasteiger partial charge is 0.328 e. The third-order valence-corrected chi connectivity index (χ3v) is 3.90. The van der Waals surface area contributed by atoms with Gasteiger partial charge in [0, 0.05) is 12.8 Å². The average molecular weight is 432 g/mol.